The van der Waals surface area contributed by atoms with E-state index in [1.165, 1.54) is 57.1 Å². The zero-order valence-electron chi connectivity index (χ0n) is 12.3. The van der Waals surface area contributed by atoms with Crippen LogP contribution in [0.1, 0.15) is 77.8 Å². The molecule has 0 aliphatic carbocycles. The molecule has 0 saturated carbocycles. The number of rotatable bonds is 9. The summed E-state index contributed by atoms with van der Waals surface area (Å²) in [7, 11) is 0. The average molecular weight is 251 g/mol. The normalized spacial score (nSPS) is 11.9. The highest BCUT2D eigenvalue weighted by Crippen LogP contribution is 2.38. The SMILES string of the molecule is CCCCCC(CCC)(CCC)c1cc(N)[nH]n1. The van der Waals surface area contributed by atoms with Crippen LogP contribution >= 0.6 is 0 Å². The zero-order valence-corrected chi connectivity index (χ0v) is 12.3. The Hall–Kier alpha value is -0.990. The first kappa shape index (κ1) is 15.1. The summed E-state index contributed by atoms with van der Waals surface area (Å²) in [5.74, 6) is 0.692. The Kier molecular flexibility index (Phi) is 6.23. The largest absolute Gasteiger partial charge is 0.384 e. The van der Waals surface area contributed by atoms with Crippen LogP contribution < -0.4 is 5.73 Å². The van der Waals surface area contributed by atoms with Crippen molar-refractivity contribution in [2.45, 2.75) is 77.6 Å². The predicted molar refractivity (Wildman–Crippen MR) is 78.6 cm³/mol. The third-order valence-electron chi connectivity index (χ3n) is 3.86. The van der Waals surface area contributed by atoms with E-state index in [0.29, 0.717) is 5.82 Å². The van der Waals surface area contributed by atoms with Gasteiger partial charge in [0, 0.05) is 11.5 Å². The number of aromatic amines is 1. The van der Waals surface area contributed by atoms with Crippen LogP contribution in [0.3, 0.4) is 0 Å². The van der Waals surface area contributed by atoms with Crippen molar-refractivity contribution in [3.05, 3.63) is 11.8 Å². The second kappa shape index (κ2) is 7.45. The van der Waals surface area contributed by atoms with E-state index in [0.717, 1.165) is 0 Å². The molecule has 0 spiro atoms. The Balaban J connectivity index is 2.88. The molecule has 0 unspecified atom stereocenters. The highest BCUT2D eigenvalue weighted by atomic mass is 15.2. The van der Waals surface area contributed by atoms with E-state index in [1.807, 2.05) is 6.07 Å². The minimum absolute atomic E-state index is 0.243. The fraction of sp³-hybridized carbons (Fsp3) is 0.800. The molecule has 0 aliphatic rings. The molecule has 0 saturated heterocycles. The Morgan fingerprint density at radius 2 is 1.72 bits per heavy atom. The topological polar surface area (TPSA) is 54.7 Å². The summed E-state index contributed by atoms with van der Waals surface area (Å²) >= 11 is 0. The fourth-order valence-corrected chi connectivity index (χ4v) is 3.04. The van der Waals surface area contributed by atoms with Crippen molar-refractivity contribution >= 4 is 5.82 Å². The molecule has 0 fully saturated rings. The van der Waals surface area contributed by atoms with Crippen molar-refractivity contribution in [1.29, 1.82) is 0 Å². The van der Waals surface area contributed by atoms with Crippen LogP contribution in [0.4, 0.5) is 5.82 Å². The van der Waals surface area contributed by atoms with E-state index in [4.69, 9.17) is 5.73 Å². The lowest BCUT2D eigenvalue weighted by Gasteiger charge is -2.32. The number of anilines is 1. The minimum Gasteiger partial charge on any atom is -0.384 e. The molecule has 0 aliphatic heterocycles. The molecule has 18 heavy (non-hydrogen) atoms. The monoisotopic (exact) mass is 251 g/mol. The summed E-state index contributed by atoms with van der Waals surface area (Å²) in [6, 6.07) is 2.04. The molecule has 104 valence electrons. The van der Waals surface area contributed by atoms with Gasteiger partial charge in [0.05, 0.1) is 5.69 Å². The lowest BCUT2D eigenvalue weighted by atomic mass is 9.72. The van der Waals surface area contributed by atoms with Crippen LogP contribution in [0.2, 0.25) is 0 Å². The molecule has 1 heterocycles. The van der Waals surface area contributed by atoms with Crippen LogP contribution in [0.5, 0.6) is 0 Å². The van der Waals surface area contributed by atoms with Gasteiger partial charge in [-0.25, -0.2) is 0 Å². The van der Waals surface area contributed by atoms with Gasteiger partial charge in [-0.2, -0.15) is 5.10 Å². The highest BCUT2D eigenvalue weighted by Gasteiger charge is 2.32. The average Bonchev–Trinajstić information content (AvgIpc) is 2.77. The molecule has 0 radical (unpaired) electrons. The first-order chi connectivity index (χ1) is 8.68. The van der Waals surface area contributed by atoms with Gasteiger partial charge in [0.25, 0.3) is 0 Å². The van der Waals surface area contributed by atoms with Crippen LogP contribution in [0, 0.1) is 0 Å². The summed E-state index contributed by atoms with van der Waals surface area (Å²) < 4.78 is 0. The molecule has 0 aromatic carbocycles. The number of nitrogens with zero attached hydrogens (tertiary/aromatic N) is 1. The Bertz CT molecular complexity index is 324. The standard InChI is InChI=1S/C15H29N3/c1-4-7-8-11-15(9-5-2,10-6-3)13-12-14(16)18-17-13/h12H,4-11H2,1-3H3,(H3,16,17,18). The van der Waals surface area contributed by atoms with Crippen LogP contribution in [-0.2, 0) is 5.41 Å². The van der Waals surface area contributed by atoms with Gasteiger partial charge in [0.15, 0.2) is 0 Å². The Morgan fingerprint density at radius 3 is 2.17 bits per heavy atom. The van der Waals surface area contributed by atoms with Gasteiger partial charge >= 0.3 is 0 Å². The zero-order chi connectivity index (χ0) is 13.4. The van der Waals surface area contributed by atoms with E-state index in [-0.39, 0.29) is 5.41 Å². The molecule has 0 bridgehead atoms. The van der Waals surface area contributed by atoms with Gasteiger partial charge in [-0.05, 0) is 19.3 Å². The fourth-order valence-electron chi connectivity index (χ4n) is 3.04. The van der Waals surface area contributed by atoms with Crippen LogP contribution in [0.15, 0.2) is 6.07 Å². The second-order valence-corrected chi connectivity index (χ2v) is 5.45. The molecule has 3 N–H and O–H groups in total. The number of H-pyrrole nitrogens is 1. The lowest BCUT2D eigenvalue weighted by molar-refractivity contribution is 0.310. The van der Waals surface area contributed by atoms with Crippen LogP contribution in [0.25, 0.3) is 0 Å². The molecule has 0 amide bonds. The summed E-state index contributed by atoms with van der Waals surface area (Å²) in [6.45, 7) is 6.79. The summed E-state index contributed by atoms with van der Waals surface area (Å²) in [4.78, 5) is 0. The van der Waals surface area contributed by atoms with Crippen molar-refractivity contribution in [3.8, 4) is 0 Å². The van der Waals surface area contributed by atoms with E-state index in [9.17, 15) is 0 Å². The van der Waals surface area contributed by atoms with Crippen molar-refractivity contribution in [1.82, 2.24) is 10.2 Å². The number of aromatic nitrogens is 2. The number of nitrogen functional groups attached to an aromatic ring is 1. The molecule has 1 rings (SSSR count). The van der Waals surface area contributed by atoms with Crippen molar-refractivity contribution in [2.24, 2.45) is 0 Å². The van der Waals surface area contributed by atoms with E-state index >= 15 is 0 Å². The number of nitrogens with one attached hydrogen (secondary N) is 1. The van der Waals surface area contributed by atoms with Gasteiger partial charge < -0.3 is 5.73 Å². The third-order valence-corrected chi connectivity index (χ3v) is 3.86. The van der Waals surface area contributed by atoms with Crippen LogP contribution in [-0.4, -0.2) is 10.2 Å². The summed E-state index contributed by atoms with van der Waals surface area (Å²) in [5.41, 5.74) is 7.23. The highest BCUT2D eigenvalue weighted by molar-refractivity contribution is 5.32. The molecule has 1 aromatic rings. The summed E-state index contributed by atoms with van der Waals surface area (Å²) in [5, 5.41) is 7.36. The van der Waals surface area contributed by atoms with E-state index in [1.54, 1.807) is 0 Å². The number of hydrogen-bond donors (Lipinski definition) is 2. The van der Waals surface area contributed by atoms with Gasteiger partial charge in [-0.3, -0.25) is 5.10 Å². The van der Waals surface area contributed by atoms with Crippen molar-refractivity contribution < 1.29 is 0 Å². The molecule has 3 nitrogen and oxygen atoms in total. The molecule has 0 atom stereocenters. The maximum atomic E-state index is 5.80. The number of hydrogen-bond acceptors (Lipinski definition) is 2. The number of unbranched alkanes of at least 4 members (excludes halogenated alkanes) is 2. The molecular formula is C15H29N3. The maximum absolute atomic E-state index is 5.80. The second-order valence-electron chi connectivity index (χ2n) is 5.45. The van der Waals surface area contributed by atoms with Crippen molar-refractivity contribution in [3.63, 3.8) is 0 Å². The summed E-state index contributed by atoms with van der Waals surface area (Å²) in [6.07, 6.45) is 9.98. The van der Waals surface area contributed by atoms with Crippen molar-refractivity contribution in [2.75, 3.05) is 5.73 Å². The third kappa shape index (κ3) is 3.76. The predicted octanol–water partition coefficient (Wildman–Crippen LogP) is 4.41. The quantitative estimate of drug-likeness (QED) is 0.639. The first-order valence-corrected chi connectivity index (χ1v) is 7.50. The first-order valence-electron chi connectivity index (χ1n) is 7.50. The lowest BCUT2D eigenvalue weighted by Crippen LogP contribution is -2.26. The van der Waals surface area contributed by atoms with E-state index < -0.39 is 0 Å². The molecule has 1 aromatic heterocycles. The maximum Gasteiger partial charge on any atom is 0.119 e. The number of nitrogens with two attached hydrogens (primary N) is 1. The minimum atomic E-state index is 0.243. The van der Waals surface area contributed by atoms with Gasteiger partial charge in [0.1, 0.15) is 5.82 Å². The van der Waals surface area contributed by atoms with Gasteiger partial charge in [-0.1, -0.05) is 52.9 Å². The van der Waals surface area contributed by atoms with Gasteiger partial charge in [0.2, 0.25) is 0 Å². The molecular weight excluding hydrogens is 222 g/mol. The Morgan fingerprint density at radius 1 is 1.06 bits per heavy atom. The van der Waals surface area contributed by atoms with Gasteiger partial charge in [-0.15, -0.1) is 0 Å². The smallest absolute Gasteiger partial charge is 0.119 e. The van der Waals surface area contributed by atoms with E-state index in [2.05, 4.69) is 31.0 Å². The molecule has 3 heteroatoms. The Labute approximate surface area is 112 Å².